The highest BCUT2D eigenvalue weighted by Gasteiger charge is 2.11. The smallest absolute Gasteiger partial charge is 0.273 e. The van der Waals surface area contributed by atoms with Gasteiger partial charge in [0.1, 0.15) is 5.69 Å². The number of H-pyrrole nitrogens is 1. The van der Waals surface area contributed by atoms with E-state index in [2.05, 4.69) is 25.5 Å². The van der Waals surface area contributed by atoms with Crippen LogP contribution in [0.3, 0.4) is 0 Å². The van der Waals surface area contributed by atoms with E-state index in [0.29, 0.717) is 22.6 Å². The zero-order valence-electron chi connectivity index (χ0n) is 11.3. The second kappa shape index (κ2) is 5.84. The Labute approximate surface area is 124 Å². The maximum atomic E-state index is 12.0. The summed E-state index contributed by atoms with van der Waals surface area (Å²) in [5.41, 5.74) is 2.19. The van der Waals surface area contributed by atoms with Crippen molar-refractivity contribution in [1.29, 1.82) is 0 Å². The summed E-state index contributed by atoms with van der Waals surface area (Å²) < 4.78 is 0. The van der Waals surface area contributed by atoms with Gasteiger partial charge >= 0.3 is 0 Å². The Hall–Kier alpha value is -2.54. The third kappa shape index (κ3) is 2.82. The maximum Gasteiger partial charge on any atom is 0.273 e. The van der Waals surface area contributed by atoms with Crippen LogP contribution in [0, 0.1) is 0 Å². The fraction of sp³-hybridized carbons (Fsp3) is 0.143. The van der Waals surface area contributed by atoms with Crippen LogP contribution in [-0.2, 0) is 0 Å². The molecule has 0 radical (unpaired) electrons. The first-order valence-corrected chi connectivity index (χ1v) is 7.37. The van der Waals surface area contributed by atoms with Gasteiger partial charge in [0.15, 0.2) is 5.13 Å². The Bertz CT molecular complexity index is 796. The molecule has 0 fully saturated rings. The number of aromatic amines is 1. The lowest BCUT2D eigenvalue weighted by Gasteiger charge is -2.01. The first kappa shape index (κ1) is 13.4. The summed E-state index contributed by atoms with van der Waals surface area (Å²) in [5, 5.41) is 12.3. The minimum Gasteiger partial charge on any atom is -0.362 e. The van der Waals surface area contributed by atoms with Crippen molar-refractivity contribution in [3.05, 3.63) is 46.2 Å². The molecule has 0 amide bonds. The lowest BCUT2D eigenvalue weighted by atomic mass is 10.2. The van der Waals surface area contributed by atoms with Gasteiger partial charge in [-0.2, -0.15) is 5.10 Å². The highest BCUT2D eigenvalue weighted by atomic mass is 32.1. The lowest BCUT2D eigenvalue weighted by molar-refractivity contribution is 0.989. The monoisotopic (exact) mass is 299 g/mol. The molecule has 2 N–H and O–H groups in total. The Morgan fingerprint density at radius 1 is 1.29 bits per heavy atom. The molecule has 7 heteroatoms. The van der Waals surface area contributed by atoms with Gasteiger partial charge in [-0.05, 0) is 25.1 Å². The molecule has 6 nitrogen and oxygen atoms in total. The molecule has 0 saturated carbocycles. The van der Waals surface area contributed by atoms with Crippen molar-refractivity contribution in [2.45, 2.75) is 6.92 Å². The Morgan fingerprint density at radius 2 is 2.19 bits per heavy atom. The molecule has 0 saturated heterocycles. The summed E-state index contributed by atoms with van der Waals surface area (Å²) in [6, 6.07) is 7.27. The summed E-state index contributed by atoms with van der Waals surface area (Å²) in [4.78, 5) is 20.6. The minimum atomic E-state index is -0.261. The van der Waals surface area contributed by atoms with E-state index < -0.39 is 0 Å². The Kier molecular flexibility index (Phi) is 3.74. The number of aromatic nitrogens is 4. The van der Waals surface area contributed by atoms with Crippen molar-refractivity contribution < 1.29 is 0 Å². The third-order valence-electron chi connectivity index (χ3n) is 2.84. The van der Waals surface area contributed by atoms with E-state index in [0.717, 1.165) is 11.7 Å². The van der Waals surface area contributed by atoms with Crippen LogP contribution in [0.5, 0.6) is 0 Å². The van der Waals surface area contributed by atoms with E-state index in [9.17, 15) is 4.79 Å². The van der Waals surface area contributed by atoms with Gasteiger partial charge < -0.3 is 5.32 Å². The number of nitrogens with zero attached hydrogens (tertiary/aromatic N) is 3. The highest BCUT2D eigenvalue weighted by Crippen LogP contribution is 2.24. The molecule has 0 aliphatic heterocycles. The topological polar surface area (TPSA) is 83.6 Å². The quantitative estimate of drug-likeness (QED) is 0.773. The van der Waals surface area contributed by atoms with Crippen molar-refractivity contribution in [2.24, 2.45) is 0 Å². The molecular formula is C14H13N5OS. The minimum absolute atomic E-state index is 0.261. The average Bonchev–Trinajstić information content (AvgIpc) is 2.97. The molecule has 0 unspecified atom stereocenters. The van der Waals surface area contributed by atoms with Gasteiger partial charge in [0.25, 0.3) is 5.56 Å². The molecule has 0 aromatic carbocycles. The van der Waals surface area contributed by atoms with E-state index in [-0.39, 0.29) is 5.56 Å². The molecule has 21 heavy (non-hydrogen) atoms. The van der Waals surface area contributed by atoms with E-state index in [4.69, 9.17) is 0 Å². The van der Waals surface area contributed by atoms with Crippen molar-refractivity contribution in [3.63, 3.8) is 0 Å². The second-order valence-corrected chi connectivity index (χ2v) is 5.14. The zero-order chi connectivity index (χ0) is 14.7. The molecule has 0 bridgehead atoms. The van der Waals surface area contributed by atoms with Gasteiger partial charge in [0.2, 0.25) is 0 Å². The van der Waals surface area contributed by atoms with Crippen LogP contribution < -0.4 is 10.9 Å². The first-order chi connectivity index (χ1) is 10.3. The van der Waals surface area contributed by atoms with Gasteiger partial charge in [-0.1, -0.05) is 6.07 Å². The summed E-state index contributed by atoms with van der Waals surface area (Å²) >= 11 is 1.47. The third-order valence-corrected chi connectivity index (χ3v) is 3.64. The number of rotatable bonds is 4. The fourth-order valence-corrected chi connectivity index (χ4v) is 2.65. The molecular weight excluding hydrogens is 286 g/mol. The van der Waals surface area contributed by atoms with Gasteiger partial charge in [-0.15, -0.1) is 11.3 Å². The van der Waals surface area contributed by atoms with Gasteiger partial charge in [-0.3, -0.25) is 9.78 Å². The molecule has 0 aliphatic rings. The standard InChI is InChI=1S/C14H13N5OS/c1-2-15-14-17-12(8-21-14)9-7-11(18-19-13(9)20)10-5-3-4-6-16-10/h3-8H,2H2,1H3,(H,15,17)(H,19,20). The number of nitrogens with one attached hydrogen (secondary N) is 2. The predicted molar refractivity (Wildman–Crippen MR) is 83.4 cm³/mol. The molecule has 3 aromatic heterocycles. The van der Waals surface area contributed by atoms with Crippen LogP contribution in [-0.4, -0.2) is 26.7 Å². The first-order valence-electron chi connectivity index (χ1n) is 6.49. The molecule has 3 rings (SSSR count). The summed E-state index contributed by atoms with van der Waals surface area (Å²) in [5.74, 6) is 0. The zero-order valence-corrected chi connectivity index (χ0v) is 12.1. The molecule has 3 aromatic rings. The number of hydrogen-bond acceptors (Lipinski definition) is 6. The van der Waals surface area contributed by atoms with Gasteiger partial charge in [-0.25, -0.2) is 10.1 Å². The Balaban J connectivity index is 2.03. The van der Waals surface area contributed by atoms with E-state index in [1.807, 2.05) is 30.5 Å². The van der Waals surface area contributed by atoms with Crippen LogP contribution >= 0.6 is 11.3 Å². The molecule has 0 atom stereocenters. The molecule has 0 spiro atoms. The van der Waals surface area contributed by atoms with E-state index in [1.165, 1.54) is 11.3 Å². The SMILES string of the molecule is CCNc1nc(-c2cc(-c3ccccn3)n[nH]c2=O)cs1. The lowest BCUT2D eigenvalue weighted by Crippen LogP contribution is -2.11. The van der Waals surface area contributed by atoms with Crippen molar-refractivity contribution in [3.8, 4) is 22.6 Å². The average molecular weight is 299 g/mol. The van der Waals surface area contributed by atoms with E-state index in [1.54, 1.807) is 12.3 Å². The Morgan fingerprint density at radius 3 is 2.95 bits per heavy atom. The number of thiazole rings is 1. The van der Waals surface area contributed by atoms with Crippen molar-refractivity contribution in [2.75, 3.05) is 11.9 Å². The normalized spacial score (nSPS) is 10.5. The molecule has 3 heterocycles. The largest absolute Gasteiger partial charge is 0.362 e. The summed E-state index contributed by atoms with van der Waals surface area (Å²) in [6.07, 6.45) is 1.69. The second-order valence-electron chi connectivity index (χ2n) is 4.28. The van der Waals surface area contributed by atoms with Crippen LogP contribution in [0.1, 0.15) is 6.92 Å². The van der Waals surface area contributed by atoms with Crippen LogP contribution in [0.25, 0.3) is 22.6 Å². The number of hydrogen-bond donors (Lipinski definition) is 2. The van der Waals surface area contributed by atoms with Crippen LogP contribution in [0.4, 0.5) is 5.13 Å². The highest BCUT2D eigenvalue weighted by molar-refractivity contribution is 7.14. The van der Waals surface area contributed by atoms with Crippen LogP contribution in [0.2, 0.25) is 0 Å². The van der Waals surface area contributed by atoms with Crippen molar-refractivity contribution >= 4 is 16.5 Å². The van der Waals surface area contributed by atoms with Gasteiger partial charge in [0.05, 0.1) is 17.0 Å². The van der Waals surface area contributed by atoms with Crippen LogP contribution in [0.15, 0.2) is 40.6 Å². The number of pyridine rings is 1. The number of anilines is 1. The maximum absolute atomic E-state index is 12.0. The van der Waals surface area contributed by atoms with Crippen molar-refractivity contribution in [1.82, 2.24) is 20.2 Å². The summed E-state index contributed by atoms with van der Waals surface area (Å²) in [6.45, 7) is 2.79. The fourth-order valence-electron chi connectivity index (χ4n) is 1.87. The predicted octanol–water partition coefficient (Wildman–Crippen LogP) is 2.39. The van der Waals surface area contributed by atoms with Gasteiger partial charge in [0, 0.05) is 18.1 Å². The van der Waals surface area contributed by atoms with E-state index >= 15 is 0 Å². The molecule has 106 valence electrons. The molecule has 0 aliphatic carbocycles. The summed E-state index contributed by atoms with van der Waals surface area (Å²) in [7, 11) is 0.